The van der Waals surface area contributed by atoms with Gasteiger partial charge in [0, 0.05) is 19.3 Å². The summed E-state index contributed by atoms with van der Waals surface area (Å²) < 4.78 is 39.6. The van der Waals surface area contributed by atoms with Crippen molar-refractivity contribution in [3.05, 3.63) is 72.9 Å². The molecule has 2 N–H and O–H groups in total. The molecule has 0 saturated carbocycles. The van der Waals surface area contributed by atoms with E-state index in [0.717, 1.165) is 64.2 Å². The van der Waals surface area contributed by atoms with Crippen molar-refractivity contribution >= 4 is 25.7 Å². The summed E-state index contributed by atoms with van der Waals surface area (Å²) in [6.45, 7) is 4.47. The molecule has 0 heterocycles. The summed E-state index contributed by atoms with van der Waals surface area (Å²) in [4.78, 5) is 48.7. The number of aliphatic hydroxyl groups excluding tert-OH is 1. The van der Waals surface area contributed by atoms with Crippen LogP contribution in [0.5, 0.6) is 0 Å². The van der Waals surface area contributed by atoms with Gasteiger partial charge in [-0.25, -0.2) is 4.57 Å². The van der Waals surface area contributed by atoms with E-state index in [1.54, 1.807) is 0 Å². The molecule has 3 unspecified atom stereocenters. The number of esters is 3. The molecule has 78 heavy (non-hydrogen) atoms. The normalized spacial score (nSPS) is 13.8. The van der Waals surface area contributed by atoms with Crippen LogP contribution in [-0.4, -0.2) is 66.5 Å². The van der Waals surface area contributed by atoms with Crippen LogP contribution in [0.2, 0.25) is 0 Å². The lowest BCUT2D eigenvalue weighted by atomic mass is 10.1. The van der Waals surface area contributed by atoms with E-state index in [1.807, 2.05) is 12.2 Å². The fourth-order valence-electron chi connectivity index (χ4n) is 8.77. The standard InChI is InChI=1S/C66H117O11P/c1-4-7-10-13-16-19-22-25-27-29-31-33-35-38-40-43-46-49-52-55-64(68)73-59-63(77-66(70)57-54-51-48-45-42-39-36-34-32-30-28-26-23-20-17-14-11-8-5-2)61-75-78(71,72)74-60-62(58-67)76-65(69)56-53-50-47-44-41-37-24-21-18-15-12-9-6-3/h9,12,18,21,25-28,37,41,47,50,62-63,67H,4-8,10-11,13-17,19-20,22-24,29-36,38-40,42-46,48-49,51-61H2,1-3H3,(H,71,72)/b12-9-,21-18-,27-25-,28-26-,41-37-,50-47-. The summed E-state index contributed by atoms with van der Waals surface area (Å²) in [5.74, 6) is -1.54. The predicted molar refractivity (Wildman–Crippen MR) is 325 cm³/mol. The Morgan fingerprint density at radius 1 is 0.372 bits per heavy atom. The first-order valence-corrected chi connectivity index (χ1v) is 33.3. The lowest BCUT2D eigenvalue weighted by Gasteiger charge is -2.21. The summed E-state index contributed by atoms with van der Waals surface area (Å²) in [7, 11) is -4.77. The molecule has 0 aromatic rings. The second-order valence-electron chi connectivity index (χ2n) is 21.2. The van der Waals surface area contributed by atoms with Crippen molar-refractivity contribution < 1.29 is 52.2 Å². The van der Waals surface area contributed by atoms with E-state index in [9.17, 15) is 28.9 Å². The summed E-state index contributed by atoms with van der Waals surface area (Å²) in [5, 5.41) is 9.81. The van der Waals surface area contributed by atoms with Crippen LogP contribution in [0.25, 0.3) is 0 Å². The van der Waals surface area contributed by atoms with Crippen molar-refractivity contribution in [1.29, 1.82) is 0 Å². The minimum Gasteiger partial charge on any atom is -0.462 e. The van der Waals surface area contributed by atoms with Gasteiger partial charge in [-0.2, -0.15) is 0 Å². The molecule has 0 fully saturated rings. The number of unbranched alkanes of at least 4 members (excludes halogenated alkanes) is 30. The van der Waals surface area contributed by atoms with E-state index in [4.69, 9.17) is 23.3 Å². The summed E-state index contributed by atoms with van der Waals surface area (Å²) >= 11 is 0. The fraction of sp³-hybridized carbons (Fsp3) is 0.773. The number of hydrogen-bond acceptors (Lipinski definition) is 10. The van der Waals surface area contributed by atoms with Crippen LogP contribution in [0, 0.1) is 0 Å². The maximum Gasteiger partial charge on any atom is 0.472 e. The van der Waals surface area contributed by atoms with Crippen LogP contribution in [0.4, 0.5) is 0 Å². The van der Waals surface area contributed by atoms with Gasteiger partial charge in [-0.1, -0.05) is 248 Å². The summed E-state index contributed by atoms with van der Waals surface area (Å²) in [6, 6.07) is 0. The zero-order valence-corrected chi connectivity index (χ0v) is 51.0. The molecule has 0 amide bonds. The lowest BCUT2D eigenvalue weighted by Crippen LogP contribution is -2.30. The molecule has 0 aliphatic rings. The van der Waals surface area contributed by atoms with Gasteiger partial charge in [0.05, 0.1) is 19.8 Å². The number of carbonyl (C=O) groups excluding carboxylic acids is 3. The van der Waals surface area contributed by atoms with Crippen molar-refractivity contribution in [1.82, 2.24) is 0 Å². The molecule has 0 aromatic carbocycles. The van der Waals surface area contributed by atoms with Crippen molar-refractivity contribution in [2.75, 3.05) is 26.4 Å². The van der Waals surface area contributed by atoms with Gasteiger partial charge in [0.15, 0.2) is 6.10 Å². The molecule has 0 saturated heterocycles. The summed E-state index contributed by atoms with van der Waals surface area (Å²) in [5.41, 5.74) is 0. The minimum atomic E-state index is -4.77. The zero-order valence-electron chi connectivity index (χ0n) is 50.1. The maximum atomic E-state index is 13.0. The first kappa shape index (κ1) is 74.9. The van der Waals surface area contributed by atoms with Crippen LogP contribution in [-0.2, 0) is 42.2 Å². The lowest BCUT2D eigenvalue weighted by molar-refractivity contribution is -0.161. The number of carbonyl (C=O) groups is 3. The van der Waals surface area contributed by atoms with Gasteiger partial charge in [-0.15, -0.1) is 0 Å². The van der Waals surface area contributed by atoms with Crippen molar-refractivity contribution in [2.24, 2.45) is 0 Å². The van der Waals surface area contributed by atoms with Crippen LogP contribution >= 0.6 is 7.82 Å². The van der Waals surface area contributed by atoms with E-state index in [1.165, 1.54) is 167 Å². The number of rotatable bonds is 59. The largest absolute Gasteiger partial charge is 0.472 e. The molecule has 0 radical (unpaired) electrons. The van der Waals surface area contributed by atoms with Crippen LogP contribution in [0.15, 0.2) is 72.9 Å². The van der Waals surface area contributed by atoms with Gasteiger partial charge in [-0.05, 0) is 96.3 Å². The Kier molecular flexibility index (Phi) is 57.7. The van der Waals surface area contributed by atoms with Gasteiger partial charge >= 0.3 is 25.7 Å². The van der Waals surface area contributed by atoms with E-state index in [0.29, 0.717) is 19.3 Å². The Balaban J connectivity index is 4.74. The molecule has 0 aliphatic carbocycles. The first-order valence-electron chi connectivity index (χ1n) is 31.8. The highest BCUT2D eigenvalue weighted by Gasteiger charge is 2.28. The Bertz CT molecular complexity index is 1590. The molecule has 0 aliphatic heterocycles. The molecule has 0 bridgehead atoms. The number of phosphoric ester groups is 1. The molecule has 452 valence electrons. The Labute approximate surface area is 478 Å². The molecule has 3 atom stereocenters. The third-order valence-electron chi connectivity index (χ3n) is 13.6. The molecule has 0 aromatic heterocycles. The second-order valence-corrected chi connectivity index (χ2v) is 22.6. The number of allylic oxidation sites excluding steroid dienone is 12. The number of hydrogen-bond donors (Lipinski definition) is 2. The number of aliphatic hydroxyl groups is 1. The Morgan fingerprint density at radius 2 is 0.692 bits per heavy atom. The van der Waals surface area contributed by atoms with Crippen molar-refractivity contribution in [3.63, 3.8) is 0 Å². The van der Waals surface area contributed by atoms with E-state index in [2.05, 4.69) is 81.5 Å². The zero-order chi connectivity index (χ0) is 56.9. The third-order valence-corrected chi connectivity index (χ3v) is 14.5. The Hall–Kier alpha value is -3.08. The quantitative estimate of drug-likeness (QED) is 0.0197. The average molecular weight is 1120 g/mol. The summed E-state index contributed by atoms with van der Waals surface area (Å²) in [6.07, 6.45) is 68.8. The van der Waals surface area contributed by atoms with Gasteiger partial charge in [-0.3, -0.25) is 23.4 Å². The average Bonchev–Trinajstić information content (AvgIpc) is 3.43. The van der Waals surface area contributed by atoms with Crippen LogP contribution in [0.1, 0.15) is 290 Å². The van der Waals surface area contributed by atoms with Crippen LogP contribution in [0.3, 0.4) is 0 Å². The number of ether oxygens (including phenoxy) is 3. The molecular formula is C66H117O11P. The van der Waals surface area contributed by atoms with Crippen molar-refractivity contribution in [3.8, 4) is 0 Å². The highest BCUT2D eigenvalue weighted by molar-refractivity contribution is 7.47. The first-order chi connectivity index (χ1) is 38.2. The fourth-order valence-corrected chi connectivity index (χ4v) is 9.56. The van der Waals surface area contributed by atoms with Gasteiger partial charge in [0.25, 0.3) is 0 Å². The number of phosphoric acid groups is 1. The molecule has 0 spiro atoms. The smallest absolute Gasteiger partial charge is 0.462 e. The maximum absolute atomic E-state index is 13.0. The second kappa shape index (κ2) is 60.0. The minimum absolute atomic E-state index is 0.0552. The SMILES string of the molecule is CC/C=C\C/C=C\C/C=C\C/C=C\CCC(=O)OC(CO)COP(=O)(O)OCC(COC(=O)CCCCCCCCCCC/C=C\CCCCCCCC)OC(=O)CCCCCCCCCCC/C=C\CCCCCCCC. The van der Waals surface area contributed by atoms with Gasteiger partial charge in [0.1, 0.15) is 12.7 Å². The van der Waals surface area contributed by atoms with Crippen LogP contribution < -0.4 is 0 Å². The highest BCUT2D eigenvalue weighted by Crippen LogP contribution is 2.43. The topological polar surface area (TPSA) is 155 Å². The van der Waals surface area contributed by atoms with E-state index >= 15 is 0 Å². The van der Waals surface area contributed by atoms with Gasteiger partial charge < -0.3 is 24.2 Å². The monoisotopic (exact) mass is 1120 g/mol. The third kappa shape index (κ3) is 57.6. The molecule has 11 nitrogen and oxygen atoms in total. The molecule has 0 rings (SSSR count). The van der Waals surface area contributed by atoms with Crippen molar-refractivity contribution in [2.45, 2.75) is 303 Å². The van der Waals surface area contributed by atoms with Gasteiger partial charge in [0.2, 0.25) is 0 Å². The molecule has 12 heteroatoms. The molecular weight excluding hydrogens is 1000 g/mol. The van der Waals surface area contributed by atoms with E-state index < -0.39 is 57.8 Å². The highest BCUT2D eigenvalue weighted by atomic mass is 31.2. The Morgan fingerprint density at radius 3 is 1.10 bits per heavy atom. The van der Waals surface area contributed by atoms with E-state index in [-0.39, 0.29) is 25.9 Å². The predicted octanol–water partition coefficient (Wildman–Crippen LogP) is 19.3.